The lowest BCUT2D eigenvalue weighted by Gasteiger charge is -2.10. The molecule has 0 unspecified atom stereocenters. The van der Waals surface area contributed by atoms with Crippen molar-refractivity contribution in [2.45, 2.75) is 25.9 Å². The molecule has 0 atom stereocenters. The summed E-state index contributed by atoms with van der Waals surface area (Å²) >= 11 is 0. The zero-order valence-corrected chi connectivity index (χ0v) is 16.3. The van der Waals surface area contributed by atoms with E-state index in [0.29, 0.717) is 5.56 Å². The number of hydrogen-bond acceptors (Lipinski definition) is 2. The van der Waals surface area contributed by atoms with Gasteiger partial charge in [0, 0.05) is 34.3 Å². The van der Waals surface area contributed by atoms with Crippen LogP contribution in [0, 0.1) is 6.92 Å². The van der Waals surface area contributed by atoms with E-state index in [-0.39, 0.29) is 6.42 Å². The summed E-state index contributed by atoms with van der Waals surface area (Å²) in [5, 5.41) is 3.83. The fourth-order valence-corrected chi connectivity index (χ4v) is 4.03. The molecule has 3 aromatic carbocycles. The number of aryl methyl sites for hydroxylation is 2. The maximum atomic E-state index is 12.6. The van der Waals surface area contributed by atoms with Gasteiger partial charge in [-0.25, -0.2) is 0 Å². The summed E-state index contributed by atoms with van der Waals surface area (Å²) in [7, 11) is 0. The van der Waals surface area contributed by atoms with E-state index in [1.165, 1.54) is 0 Å². The second-order valence-corrected chi connectivity index (χ2v) is 7.62. The van der Waals surface area contributed by atoms with E-state index in [1.54, 1.807) is 12.3 Å². The van der Waals surface area contributed by atoms with E-state index in [4.69, 9.17) is 4.42 Å². The minimum absolute atomic E-state index is 0.0324. The molecule has 0 saturated carbocycles. The molecule has 0 N–H and O–H groups in total. The summed E-state index contributed by atoms with van der Waals surface area (Å²) in [4.78, 5) is 4.61. The van der Waals surface area contributed by atoms with Gasteiger partial charge in [0.15, 0.2) is 0 Å². The van der Waals surface area contributed by atoms with Crippen LogP contribution in [0.15, 0.2) is 71.3 Å². The van der Waals surface area contributed by atoms with Gasteiger partial charge in [-0.05, 0) is 54.1 Å². The van der Waals surface area contributed by atoms with Crippen LogP contribution in [0.5, 0.6) is 0 Å². The van der Waals surface area contributed by atoms with Gasteiger partial charge in [-0.3, -0.25) is 4.98 Å². The number of furan rings is 1. The molecule has 0 aliphatic heterocycles. The van der Waals surface area contributed by atoms with Gasteiger partial charge >= 0.3 is 6.18 Å². The molecule has 0 spiro atoms. The van der Waals surface area contributed by atoms with Crippen molar-refractivity contribution in [3.8, 4) is 11.3 Å². The second-order valence-electron chi connectivity index (χ2n) is 7.62. The molecule has 0 aliphatic carbocycles. The average Bonchev–Trinajstić information content (AvgIpc) is 3.09. The molecule has 150 valence electrons. The summed E-state index contributed by atoms with van der Waals surface area (Å²) < 4.78 is 44.0. The number of benzene rings is 3. The summed E-state index contributed by atoms with van der Waals surface area (Å²) in [6, 6.07) is 19.3. The molecule has 5 aromatic rings. The second kappa shape index (κ2) is 6.87. The third-order valence-electron chi connectivity index (χ3n) is 5.40. The van der Waals surface area contributed by atoms with Crippen LogP contribution in [-0.2, 0) is 6.42 Å². The molecule has 0 fully saturated rings. The number of para-hydroxylation sites is 1. The molecule has 30 heavy (non-hydrogen) atoms. The number of alkyl halides is 3. The third kappa shape index (κ3) is 3.30. The van der Waals surface area contributed by atoms with Crippen LogP contribution in [0.1, 0.15) is 17.5 Å². The standard InChI is InChI=1S/C25H18F3NO/c1-15-12-20-19-4-2-3-5-22(19)30-24(20)21(13-15)23-18-7-6-16(8-10-25(26,27)28)14-17(18)9-11-29-23/h2-7,9,11-14H,8,10H2,1H3. The molecular weight excluding hydrogens is 387 g/mol. The average molecular weight is 405 g/mol. The van der Waals surface area contributed by atoms with Crippen molar-refractivity contribution in [3.63, 3.8) is 0 Å². The number of aromatic nitrogens is 1. The Morgan fingerprint density at radius 1 is 0.900 bits per heavy atom. The molecule has 0 radical (unpaired) electrons. The normalized spacial score (nSPS) is 12.3. The highest BCUT2D eigenvalue weighted by Gasteiger charge is 2.26. The zero-order chi connectivity index (χ0) is 20.9. The van der Waals surface area contributed by atoms with Crippen molar-refractivity contribution in [2.24, 2.45) is 0 Å². The van der Waals surface area contributed by atoms with Gasteiger partial charge in [-0.15, -0.1) is 0 Å². The zero-order valence-electron chi connectivity index (χ0n) is 16.3. The molecule has 0 aliphatic rings. The molecular formula is C25H18F3NO. The number of fused-ring (bicyclic) bond motifs is 4. The summed E-state index contributed by atoms with van der Waals surface area (Å²) in [5.74, 6) is 0. The van der Waals surface area contributed by atoms with Crippen molar-refractivity contribution in [2.75, 3.05) is 0 Å². The third-order valence-corrected chi connectivity index (χ3v) is 5.40. The van der Waals surface area contributed by atoms with Gasteiger partial charge in [0.1, 0.15) is 11.2 Å². The van der Waals surface area contributed by atoms with Crippen LogP contribution in [-0.4, -0.2) is 11.2 Å². The van der Waals surface area contributed by atoms with Gasteiger partial charge in [0.25, 0.3) is 0 Å². The van der Waals surface area contributed by atoms with Gasteiger partial charge < -0.3 is 4.42 Å². The SMILES string of the molecule is Cc1cc(-c2nccc3cc(CCC(F)(F)F)ccc23)c2oc3ccccc3c2c1. The highest BCUT2D eigenvalue weighted by Crippen LogP contribution is 2.38. The largest absolute Gasteiger partial charge is 0.455 e. The fourth-order valence-electron chi connectivity index (χ4n) is 4.03. The van der Waals surface area contributed by atoms with Crippen molar-refractivity contribution >= 4 is 32.7 Å². The first-order valence-corrected chi connectivity index (χ1v) is 9.76. The molecule has 0 bridgehead atoms. The minimum atomic E-state index is -4.16. The monoisotopic (exact) mass is 405 g/mol. The Labute approximate surface area is 171 Å². The molecule has 5 rings (SSSR count). The number of halogens is 3. The quantitative estimate of drug-likeness (QED) is 0.309. The Kier molecular flexibility index (Phi) is 4.28. The topological polar surface area (TPSA) is 26.0 Å². The number of hydrogen-bond donors (Lipinski definition) is 0. The molecule has 0 amide bonds. The van der Waals surface area contributed by atoms with E-state index in [0.717, 1.165) is 49.5 Å². The first-order valence-electron chi connectivity index (χ1n) is 9.76. The lowest BCUT2D eigenvalue weighted by atomic mass is 9.97. The van der Waals surface area contributed by atoms with Gasteiger partial charge in [-0.2, -0.15) is 13.2 Å². The molecule has 5 heteroatoms. The summed E-state index contributed by atoms with van der Waals surface area (Å²) in [6.07, 6.45) is -3.32. The van der Waals surface area contributed by atoms with E-state index in [1.807, 2.05) is 55.5 Å². The molecule has 2 heterocycles. The first kappa shape index (κ1) is 18.7. The first-order chi connectivity index (χ1) is 14.4. The Morgan fingerprint density at radius 3 is 2.57 bits per heavy atom. The van der Waals surface area contributed by atoms with Crippen LogP contribution in [0.25, 0.3) is 44.0 Å². The van der Waals surface area contributed by atoms with E-state index >= 15 is 0 Å². The molecule has 2 nitrogen and oxygen atoms in total. The smallest absolute Gasteiger partial charge is 0.389 e. The van der Waals surface area contributed by atoms with Crippen LogP contribution < -0.4 is 0 Å². The van der Waals surface area contributed by atoms with Gasteiger partial charge in [-0.1, -0.05) is 36.4 Å². The van der Waals surface area contributed by atoms with Crippen molar-refractivity contribution in [1.82, 2.24) is 4.98 Å². The number of rotatable bonds is 3. The maximum Gasteiger partial charge on any atom is 0.389 e. The highest BCUT2D eigenvalue weighted by molar-refractivity contribution is 6.11. The summed E-state index contributed by atoms with van der Waals surface area (Å²) in [6.45, 7) is 2.03. The Morgan fingerprint density at radius 2 is 1.73 bits per heavy atom. The van der Waals surface area contributed by atoms with Crippen LogP contribution in [0.2, 0.25) is 0 Å². The predicted molar refractivity (Wildman–Crippen MR) is 114 cm³/mol. The van der Waals surface area contributed by atoms with E-state index in [2.05, 4.69) is 11.1 Å². The predicted octanol–water partition coefficient (Wildman–Crippen LogP) is 7.60. The van der Waals surface area contributed by atoms with Crippen molar-refractivity contribution in [3.05, 3.63) is 78.0 Å². The van der Waals surface area contributed by atoms with Crippen LogP contribution >= 0.6 is 0 Å². The fraction of sp³-hybridized carbons (Fsp3) is 0.160. The van der Waals surface area contributed by atoms with E-state index in [9.17, 15) is 13.2 Å². The highest BCUT2D eigenvalue weighted by atomic mass is 19.4. The number of nitrogens with zero attached hydrogens (tertiary/aromatic N) is 1. The van der Waals surface area contributed by atoms with E-state index < -0.39 is 12.6 Å². The molecule has 2 aromatic heterocycles. The lowest BCUT2D eigenvalue weighted by molar-refractivity contribution is -0.133. The summed E-state index contributed by atoms with van der Waals surface area (Å²) in [5.41, 5.74) is 4.98. The Balaban J connectivity index is 1.69. The minimum Gasteiger partial charge on any atom is -0.455 e. The lowest BCUT2D eigenvalue weighted by Crippen LogP contribution is -2.08. The van der Waals surface area contributed by atoms with Gasteiger partial charge in [0.2, 0.25) is 0 Å². The van der Waals surface area contributed by atoms with Crippen LogP contribution in [0.3, 0.4) is 0 Å². The maximum absolute atomic E-state index is 12.6. The molecule has 0 saturated heterocycles. The van der Waals surface area contributed by atoms with Crippen LogP contribution in [0.4, 0.5) is 13.2 Å². The Bertz CT molecular complexity index is 1400. The Hall–Kier alpha value is -3.34. The van der Waals surface area contributed by atoms with Crippen molar-refractivity contribution < 1.29 is 17.6 Å². The van der Waals surface area contributed by atoms with Crippen molar-refractivity contribution in [1.29, 1.82) is 0 Å². The van der Waals surface area contributed by atoms with Gasteiger partial charge in [0.05, 0.1) is 5.69 Å². The number of pyridine rings is 1.